The fourth-order valence-corrected chi connectivity index (χ4v) is 2.64. The minimum absolute atomic E-state index is 0.282. The Bertz CT molecular complexity index is 782. The second-order valence-corrected chi connectivity index (χ2v) is 5.60. The average Bonchev–Trinajstić information content (AvgIpc) is 2.93. The fraction of sp³-hybridized carbons (Fsp3) is 0.368. The van der Waals surface area contributed by atoms with E-state index in [4.69, 9.17) is 14.2 Å². The summed E-state index contributed by atoms with van der Waals surface area (Å²) >= 11 is 0. The molecule has 1 amide bonds. The van der Waals surface area contributed by atoms with Gasteiger partial charge in [0.15, 0.2) is 11.5 Å². The molecule has 0 fully saturated rings. The van der Waals surface area contributed by atoms with E-state index >= 15 is 0 Å². The molecule has 1 heterocycles. The molecule has 2 rings (SSSR count). The molecule has 0 atom stereocenters. The van der Waals surface area contributed by atoms with Crippen LogP contribution in [0.15, 0.2) is 24.3 Å². The number of nitrogens with one attached hydrogen (secondary N) is 2. The van der Waals surface area contributed by atoms with Gasteiger partial charge in [-0.2, -0.15) is 0 Å². The molecule has 140 valence electrons. The van der Waals surface area contributed by atoms with Crippen LogP contribution in [-0.4, -0.2) is 43.7 Å². The Balaban J connectivity index is 1.94. The van der Waals surface area contributed by atoms with Crippen molar-refractivity contribution in [1.82, 2.24) is 10.3 Å². The van der Waals surface area contributed by atoms with Gasteiger partial charge in [0.05, 0.1) is 25.8 Å². The lowest BCUT2D eigenvalue weighted by molar-refractivity contribution is 0.0525. The highest BCUT2D eigenvalue weighted by atomic mass is 16.5. The van der Waals surface area contributed by atoms with Crippen molar-refractivity contribution < 1.29 is 23.8 Å². The number of carbonyl (C=O) groups is 2. The maximum atomic E-state index is 12.4. The molecule has 26 heavy (non-hydrogen) atoms. The van der Waals surface area contributed by atoms with Crippen molar-refractivity contribution in [2.45, 2.75) is 20.8 Å². The molecule has 0 aliphatic rings. The number of aromatic nitrogens is 1. The first kappa shape index (κ1) is 19.4. The summed E-state index contributed by atoms with van der Waals surface area (Å²) in [4.78, 5) is 27.3. The van der Waals surface area contributed by atoms with Crippen molar-refractivity contribution in [3.05, 3.63) is 46.8 Å². The van der Waals surface area contributed by atoms with E-state index < -0.39 is 5.97 Å². The lowest BCUT2D eigenvalue weighted by Crippen LogP contribution is -2.29. The number of carbonyl (C=O) groups excluding carboxylic acids is 2. The summed E-state index contributed by atoms with van der Waals surface area (Å²) in [6.07, 6.45) is 0. The number of amides is 1. The van der Waals surface area contributed by atoms with Crippen LogP contribution in [0.5, 0.6) is 11.5 Å². The van der Waals surface area contributed by atoms with Gasteiger partial charge >= 0.3 is 5.97 Å². The van der Waals surface area contributed by atoms with Crippen LogP contribution >= 0.6 is 0 Å². The molecule has 2 N–H and O–H groups in total. The van der Waals surface area contributed by atoms with Crippen molar-refractivity contribution in [3.8, 4) is 11.5 Å². The number of para-hydroxylation sites is 2. The number of methoxy groups -OCH3 is 1. The first-order valence-corrected chi connectivity index (χ1v) is 8.39. The summed E-state index contributed by atoms with van der Waals surface area (Å²) in [6, 6.07) is 7.30. The summed E-state index contributed by atoms with van der Waals surface area (Å²) in [5.41, 5.74) is 1.94. The molecule has 2 aromatic rings. The van der Waals surface area contributed by atoms with Gasteiger partial charge in [-0.05, 0) is 38.5 Å². The van der Waals surface area contributed by atoms with Crippen LogP contribution < -0.4 is 14.8 Å². The lowest BCUT2D eigenvalue weighted by atomic mass is 10.1. The number of ether oxygens (including phenoxy) is 3. The number of rotatable bonds is 8. The van der Waals surface area contributed by atoms with Crippen molar-refractivity contribution in [2.24, 2.45) is 0 Å². The summed E-state index contributed by atoms with van der Waals surface area (Å²) < 4.78 is 15.9. The molecule has 0 aliphatic heterocycles. The van der Waals surface area contributed by atoms with E-state index in [9.17, 15) is 9.59 Å². The Labute approximate surface area is 152 Å². The van der Waals surface area contributed by atoms with E-state index in [1.54, 1.807) is 40.0 Å². The maximum absolute atomic E-state index is 12.4. The molecule has 1 aromatic heterocycles. The fourth-order valence-electron chi connectivity index (χ4n) is 2.64. The zero-order chi connectivity index (χ0) is 19.1. The normalized spacial score (nSPS) is 10.3. The van der Waals surface area contributed by atoms with Crippen molar-refractivity contribution >= 4 is 11.9 Å². The van der Waals surface area contributed by atoms with Gasteiger partial charge in [-0.25, -0.2) is 4.79 Å². The van der Waals surface area contributed by atoms with Crippen LogP contribution in [0.4, 0.5) is 0 Å². The smallest absolute Gasteiger partial charge is 0.340 e. The molecule has 0 aliphatic carbocycles. The predicted octanol–water partition coefficient (Wildman–Crippen LogP) is 2.63. The quantitative estimate of drug-likeness (QED) is 0.558. The van der Waals surface area contributed by atoms with E-state index in [0.29, 0.717) is 40.6 Å². The standard InChI is InChI=1S/C19H24N2O5/c1-5-25-19(23)16-12(2)17(21-13(16)3)18(22)20-10-11-26-15-9-7-6-8-14(15)24-4/h6-9,21H,5,10-11H2,1-4H3,(H,20,22). The molecule has 7 nitrogen and oxygen atoms in total. The first-order chi connectivity index (χ1) is 12.5. The minimum atomic E-state index is -0.433. The van der Waals surface area contributed by atoms with Crippen LogP contribution in [0.3, 0.4) is 0 Å². The van der Waals surface area contributed by atoms with Gasteiger partial charge in [0.2, 0.25) is 0 Å². The van der Waals surface area contributed by atoms with Crippen molar-refractivity contribution in [3.63, 3.8) is 0 Å². The predicted molar refractivity (Wildman–Crippen MR) is 97.0 cm³/mol. The SMILES string of the molecule is CCOC(=O)c1c(C)[nH]c(C(=O)NCCOc2ccccc2OC)c1C. The molecule has 0 saturated carbocycles. The van der Waals surface area contributed by atoms with Crippen LogP contribution in [-0.2, 0) is 4.74 Å². The summed E-state index contributed by atoms with van der Waals surface area (Å²) in [5, 5.41) is 2.77. The summed E-state index contributed by atoms with van der Waals surface area (Å²) in [7, 11) is 1.57. The number of H-pyrrole nitrogens is 1. The second-order valence-electron chi connectivity index (χ2n) is 5.60. The second kappa shape index (κ2) is 8.94. The van der Waals surface area contributed by atoms with Crippen molar-refractivity contribution in [2.75, 3.05) is 26.9 Å². The number of esters is 1. The van der Waals surface area contributed by atoms with Crippen LogP contribution in [0, 0.1) is 13.8 Å². The molecule has 1 aromatic carbocycles. The highest BCUT2D eigenvalue weighted by Crippen LogP contribution is 2.25. The molecule has 0 unspecified atom stereocenters. The average molecular weight is 360 g/mol. The van der Waals surface area contributed by atoms with Gasteiger partial charge in [0.1, 0.15) is 12.3 Å². The number of aromatic amines is 1. The van der Waals surface area contributed by atoms with E-state index in [-0.39, 0.29) is 19.1 Å². The van der Waals surface area contributed by atoms with Gasteiger partial charge in [-0.1, -0.05) is 12.1 Å². The third-order valence-electron chi connectivity index (χ3n) is 3.86. The summed E-state index contributed by atoms with van der Waals surface area (Å²) in [6.45, 7) is 6.07. The third kappa shape index (κ3) is 4.36. The molecule has 0 saturated heterocycles. The Morgan fingerprint density at radius 2 is 1.85 bits per heavy atom. The number of hydrogen-bond acceptors (Lipinski definition) is 5. The first-order valence-electron chi connectivity index (χ1n) is 8.39. The third-order valence-corrected chi connectivity index (χ3v) is 3.86. The van der Waals surface area contributed by atoms with Crippen LogP contribution in [0.1, 0.15) is 39.0 Å². The Hall–Kier alpha value is -2.96. The molecule has 0 bridgehead atoms. The molecular weight excluding hydrogens is 336 g/mol. The number of benzene rings is 1. The molecule has 7 heteroatoms. The van der Waals surface area contributed by atoms with E-state index in [1.807, 2.05) is 12.1 Å². The largest absolute Gasteiger partial charge is 0.493 e. The van der Waals surface area contributed by atoms with E-state index in [1.165, 1.54) is 0 Å². The van der Waals surface area contributed by atoms with Crippen molar-refractivity contribution in [1.29, 1.82) is 0 Å². The lowest BCUT2D eigenvalue weighted by Gasteiger charge is -2.10. The Morgan fingerprint density at radius 3 is 2.50 bits per heavy atom. The molecular formula is C19H24N2O5. The van der Waals surface area contributed by atoms with Crippen LogP contribution in [0.25, 0.3) is 0 Å². The maximum Gasteiger partial charge on any atom is 0.340 e. The number of hydrogen-bond donors (Lipinski definition) is 2. The minimum Gasteiger partial charge on any atom is -0.493 e. The highest BCUT2D eigenvalue weighted by Gasteiger charge is 2.22. The van der Waals surface area contributed by atoms with Crippen LogP contribution in [0.2, 0.25) is 0 Å². The zero-order valence-corrected chi connectivity index (χ0v) is 15.5. The monoisotopic (exact) mass is 360 g/mol. The van der Waals surface area contributed by atoms with Gasteiger partial charge < -0.3 is 24.5 Å². The van der Waals surface area contributed by atoms with Gasteiger partial charge in [0.25, 0.3) is 5.91 Å². The topological polar surface area (TPSA) is 89.7 Å². The van der Waals surface area contributed by atoms with E-state index in [2.05, 4.69) is 10.3 Å². The zero-order valence-electron chi connectivity index (χ0n) is 15.5. The van der Waals surface area contributed by atoms with E-state index in [0.717, 1.165) is 0 Å². The molecule has 0 radical (unpaired) electrons. The van der Waals surface area contributed by atoms with Gasteiger partial charge in [-0.3, -0.25) is 4.79 Å². The van der Waals surface area contributed by atoms with Gasteiger partial charge in [0, 0.05) is 5.69 Å². The Morgan fingerprint density at radius 1 is 1.15 bits per heavy atom. The highest BCUT2D eigenvalue weighted by molar-refractivity contribution is 6.00. The summed E-state index contributed by atoms with van der Waals surface area (Å²) in [5.74, 6) is 0.511. The van der Waals surface area contributed by atoms with Gasteiger partial charge in [-0.15, -0.1) is 0 Å². The molecule has 0 spiro atoms. The Kier molecular flexibility index (Phi) is 6.66. The number of aryl methyl sites for hydroxylation is 1.